The van der Waals surface area contributed by atoms with Gasteiger partial charge in [-0.3, -0.25) is 4.72 Å². The molecule has 0 saturated carbocycles. The van der Waals surface area contributed by atoms with Crippen molar-refractivity contribution in [3.05, 3.63) is 66.7 Å². The molecule has 3 aromatic carbocycles. The van der Waals surface area contributed by atoms with Gasteiger partial charge in [0.2, 0.25) is 10.0 Å². The summed E-state index contributed by atoms with van der Waals surface area (Å²) in [5.74, 6) is 0. The van der Waals surface area contributed by atoms with Crippen LogP contribution in [-0.2, 0) is 24.8 Å². The summed E-state index contributed by atoms with van der Waals surface area (Å²) >= 11 is 0. The smallest absolute Gasteiger partial charge is 0.261 e. The number of morpholine rings is 1. The number of sulfonamides is 2. The molecule has 7 N–H and O–H groups in total. The lowest BCUT2D eigenvalue weighted by Gasteiger charge is -2.27. The third-order valence-electron chi connectivity index (χ3n) is 8.30. The molecule has 3 heterocycles. The minimum Gasteiger partial charge on any atom is -0.397 e. The van der Waals surface area contributed by atoms with Crippen molar-refractivity contribution >= 4 is 73.3 Å². The second-order valence-corrected chi connectivity index (χ2v) is 15.2. The van der Waals surface area contributed by atoms with E-state index in [9.17, 15) is 16.8 Å². The highest BCUT2D eigenvalue weighted by Crippen LogP contribution is 2.29. The van der Waals surface area contributed by atoms with Crippen molar-refractivity contribution < 1.29 is 21.6 Å². The van der Waals surface area contributed by atoms with Crippen molar-refractivity contribution in [3.63, 3.8) is 0 Å². The Labute approximate surface area is 302 Å². The second kappa shape index (κ2) is 18.8. The molecule has 3 aliphatic heterocycles. The number of nitrogens with zero attached hydrogens (tertiary/aromatic N) is 3. The molecular formula is C32H48Cl2N8O5S2. The zero-order valence-corrected chi connectivity index (χ0v) is 30.7. The predicted molar refractivity (Wildman–Crippen MR) is 202 cm³/mol. The molecule has 0 atom stereocenters. The van der Waals surface area contributed by atoms with E-state index in [0.717, 1.165) is 76.6 Å². The van der Waals surface area contributed by atoms with Crippen LogP contribution < -0.4 is 36.6 Å². The first kappa shape index (κ1) is 40.4. The quantitative estimate of drug-likeness (QED) is 0.224. The van der Waals surface area contributed by atoms with Crippen LogP contribution in [0.1, 0.15) is 12.8 Å². The van der Waals surface area contributed by atoms with E-state index in [4.69, 9.17) is 16.2 Å². The third kappa shape index (κ3) is 10.7. The largest absolute Gasteiger partial charge is 0.397 e. The first-order valence-electron chi connectivity index (χ1n) is 16.0. The second-order valence-electron chi connectivity index (χ2n) is 11.6. The molecule has 0 spiro atoms. The van der Waals surface area contributed by atoms with Gasteiger partial charge in [0, 0.05) is 58.0 Å². The summed E-state index contributed by atoms with van der Waals surface area (Å²) in [5.41, 5.74) is 15.6. The van der Waals surface area contributed by atoms with Gasteiger partial charge >= 0.3 is 0 Å². The van der Waals surface area contributed by atoms with Gasteiger partial charge in [0.15, 0.2) is 0 Å². The van der Waals surface area contributed by atoms with Crippen LogP contribution in [0, 0.1) is 0 Å². The molecule has 0 aliphatic carbocycles. The van der Waals surface area contributed by atoms with E-state index in [1.165, 1.54) is 10.4 Å². The van der Waals surface area contributed by atoms with Gasteiger partial charge in [0.25, 0.3) is 10.0 Å². The van der Waals surface area contributed by atoms with Crippen LogP contribution in [-0.4, -0.2) is 99.8 Å². The molecule has 0 bridgehead atoms. The predicted octanol–water partition coefficient (Wildman–Crippen LogP) is 2.80. The molecule has 49 heavy (non-hydrogen) atoms. The van der Waals surface area contributed by atoms with Gasteiger partial charge in [-0.05, 0) is 74.5 Å². The molecule has 0 aromatic heterocycles. The van der Waals surface area contributed by atoms with Gasteiger partial charge in [-0.25, -0.2) is 16.8 Å². The SMILES string of the molecule is Cl.Cl.Nc1cc(S(=O)(=O)N2CCOCC2)ccc1N1CCCNCC1.Nc1cc(S(=O)(=O)Nc2ccccc2)ccc1N1CCCNCC1. The Balaban J connectivity index is 0.000000255. The average molecular weight is 760 g/mol. The molecule has 3 aliphatic rings. The average Bonchev–Trinajstić information content (AvgIpc) is 3.52. The number of nitrogens with two attached hydrogens (primary N) is 2. The molecule has 3 aromatic rings. The van der Waals surface area contributed by atoms with Crippen molar-refractivity contribution in [1.29, 1.82) is 0 Å². The van der Waals surface area contributed by atoms with Crippen molar-refractivity contribution in [2.24, 2.45) is 0 Å². The highest BCUT2D eigenvalue weighted by atomic mass is 35.5. The summed E-state index contributed by atoms with van der Waals surface area (Å²) in [5, 5.41) is 6.69. The third-order valence-corrected chi connectivity index (χ3v) is 11.6. The van der Waals surface area contributed by atoms with Crippen LogP contribution >= 0.6 is 24.8 Å². The number of rotatable bonds is 7. The lowest BCUT2D eigenvalue weighted by molar-refractivity contribution is 0.0730. The van der Waals surface area contributed by atoms with E-state index in [2.05, 4.69) is 25.2 Å². The lowest BCUT2D eigenvalue weighted by atomic mass is 10.2. The molecule has 0 unspecified atom stereocenters. The van der Waals surface area contributed by atoms with E-state index in [0.29, 0.717) is 43.4 Å². The minimum absolute atomic E-state index is 0. The number of hydrogen-bond donors (Lipinski definition) is 5. The number of halogens is 2. The Morgan fingerprint density at radius 3 is 1.67 bits per heavy atom. The van der Waals surface area contributed by atoms with E-state index >= 15 is 0 Å². The fraction of sp³-hybridized carbons (Fsp3) is 0.438. The van der Waals surface area contributed by atoms with Crippen molar-refractivity contribution in [2.75, 3.05) is 105 Å². The van der Waals surface area contributed by atoms with Crippen LogP contribution in [0.5, 0.6) is 0 Å². The first-order chi connectivity index (χ1) is 22.6. The van der Waals surface area contributed by atoms with Crippen LogP contribution in [0.15, 0.2) is 76.5 Å². The van der Waals surface area contributed by atoms with Crippen LogP contribution in [0.4, 0.5) is 28.4 Å². The molecule has 6 rings (SSSR count). The highest BCUT2D eigenvalue weighted by molar-refractivity contribution is 7.92. The summed E-state index contributed by atoms with van der Waals surface area (Å²) in [6.07, 6.45) is 2.09. The Morgan fingerprint density at radius 2 is 1.14 bits per heavy atom. The molecule has 3 fully saturated rings. The number of anilines is 5. The lowest BCUT2D eigenvalue weighted by Crippen LogP contribution is -2.40. The Hall–Kier alpha value is -3.02. The molecule has 0 amide bonds. The standard InChI is InChI=1S/C17H22N4O2S.C15H24N4O3S.2ClH/c18-16-13-15(24(22,23)20-14-5-2-1-3-6-14)7-8-17(16)21-11-4-9-19-10-12-21;16-14-12-13(23(20,21)19-8-10-22-11-9-19)2-3-15(14)18-6-1-4-17-5-7-18;;/h1-3,5-8,13,19-20H,4,9-12,18H2;2-3,12,17H,1,4-11,16H2;2*1H. The Kier molecular flexibility index (Phi) is 15.5. The van der Waals surface area contributed by atoms with Gasteiger partial charge in [-0.2, -0.15) is 4.31 Å². The number of hydrogen-bond acceptors (Lipinski definition) is 11. The summed E-state index contributed by atoms with van der Waals surface area (Å²) in [4.78, 5) is 4.82. The summed E-state index contributed by atoms with van der Waals surface area (Å²) in [7, 11) is -7.15. The van der Waals surface area contributed by atoms with Gasteiger partial charge < -0.3 is 36.6 Å². The van der Waals surface area contributed by atoms with Crippen molar-refractivity contribution in [1.82, 2.24) is 14.9 Å². The number of nitrogen functional groups attached to an aromatic ring is 2. The first-order valence-corrected chi connectivity index (χ1v) is 18.9. The Bertz CT molecular complexity index is 1680. The van der Waals surface area contributed by atoms with Crippen LogP contribution in [0.2, 0.25) is 0 Å². The fourth-order valence-electron chi connectivity index (χ4n) is 5.80. The van der Waals surface area contributed by atoms with Gasteiger partial charge in [-0.15, -0.1) is 24.8 Å². The number of ether oxygens (including phenoxy) is 1. The monoisotopic (exact) mass is 758 g/mol. The molecular weight excluding hydrogens is 711 g/mol. The maximum atomic E-state index is 12.7. The maximum Gasteiger partial charge on any atom is 0.261 e. The number of para-hydroxylation sites is 1. The van der Waals surface area contributed by atoms with Gasteiger partial charge in [0.1, 0.15) is 0 Å². The van der Waals surface area contributed by atoms with Crippen molar-refractivity contribution in [2.45, 2.75) is 22.6 Å². The molecule has 13 nitrogen and oxygen atoms in total. The molecule has 3 saturated heterocycles. The number of benzene rings is 3. The van der Waals surface area contributed by atoms with Crippen LogP contribution in [0.3, 0.4) is 0 Å². The zero-order chi connectivity index (χ0) is 33.3. The van der Waals surface area contributed by atoms with E-state index in [-0.39, 0.29) is 34.6 Å². The highest BCUT2D eigenvalue weighted by Gasteiger charge is 2.27. The Morgan fingerprint density at radius 1 is 0.633 bits per heavy atom. The molecule has 17 heteroatoms. The summed E-state index contributed by atoms with van der Waals surface area (Å²) < 4.78 is 59.6. The van der Waals surface area contributed by atoms with Crippen molar-refractivity contribution in [3.8, 4) is 0 Å². The topological polar surface area (TPSA) is 175 Å². The maximum absolute atomic E-state index is 12.7. The van der Waals surface area contributed by atoms with E-state index in [1.807, 2.05) is 12.1 Å². The molecule has 272 valence electrons. The van der Waals surface area contributed by atoms with E-state index < -0.39 is 20.0 Å². The summed E-state index contributed by atoms with van der Waals surface area (Å²) in [6.45, 7) is 9.02. The normalized spacial score (nSPS) is 17.6. The van der Waals surface area contributed by atoms with E-state index in [1.54, 1.807) is 48.5 Å². The van der Waals surface area contributed by atoms with Gasteiger partial charge in [-0.1, -0.05) is 18.2 Å². The van der Waals surface area contributed by atoms with Crippen LogP contribution in [0.25, 0.3) is 0 Å². The summed E-state index contributed by atoms with van der Waals surface area (Å²) in [6, 6.07) is 18.8. The van der Waals surface area contributed by atoms with Gasteiger partial charge in [0.05, 0.1) is 45.8 Å². The number of nitrogens with one attached hydrogen (secondary N) is 3. The zero-order valence-electron chi connectivity index (χ0n) is 27.4. The fourth-order valence-corrected chi connectivity index (χ4v) is 8.34. The molecule has 0 radical (unpaired) electrons. The minimum atomic E-state index is -3.65.